The van der Waals surface area contributed by atoms with E-state index in [4.69, 9.17) is 0 Å². The van der Waals surface area contributed by atoms with Crippen LogP contribution in [0, 0.1) is 5.41 Å². The van der Waals surface area contributed by atoms with Gasteiger partial charge in [-0.05, 0) is 53.9 Å². The lowest BCUT2D eigenvalue weighted by Gasteiger charge is -2.31. The largest absolute Gasteiger partial charge is 0.337 e. The molecular formula is C23H29N3O3S. The number of amides is 2. The topological polar surface area (TPSA) is 69.7 Å². The Morgan fingerprint density at radius 2 is 1.83 bits per heavy atom. The van der Waals surface area contributed by atoms with Crippen molar-refractivity contribution in [1.29, 1.82) is 0 Å². The van der Waals surface area contributed by atoms with Crippen LogP contribution in [0.3, 0.4) is 0 Å². The fourth-order valence-corrected chi connectivity index (χ4v) is 5.37. The highest BCUT2D eigenvalue weighted by atomic mass is 32.2. The molecule has 2 aliphatic rings. The molecule has 1 saturated carbocycles. The Balaban J connectivity index is 1.40. The third-order valence-corrected chi connectivity index (χ3v) is 8.16. The van der Waals surface area contributed by atoms with Crippen molar-refractivity contribution in [2.45, 2.75) is 37.1 Å². The number of rotatable bonds is 6. The molecule has 0 aromatic heterocycles. The number of hydrogen-bond acceptors (Lipinski definition) is 3. The summed E-state index contributed by atoms with van der Waals surface area (Å²) in [5, 5.41) is 3.13. The quantitative estimate of drug-likeness (QED) is 0.770. The molecule has 0 radical (unpaired) electrons. The summed E-state index contributed by atoms with van der Waals surface area (Å²) in [4.78, 5) is 14.9. The van der Waals surface area contributed by atoms with Gasteiger partial charge in [-0.2, -0.15) is 0 Å². The molecule has 0 saturated heterocycles. The highest BCUT2D eigenvalue weighted by Gasteiger charge is 2.43. The molecule has 0 atom stereocenters. The second-order valence-electron chi connectivity index (χ2n) is 8.67. The van der Waals surface area contributed by atoms with Gasteiger partial charge >= 0.3 is 6.03 Å². The summed E-state index contributed by atoms with van der Waals surface area (Å²) < 4.78 is 26.5. The van der Waals surface area contributed by atoms with Crippen molar-refractivity contribution in [1.82, 2.24) is 14.5 Å². The van der Waals surface area contributed by atoms with Gasteiger partial charge in [0.2, 0.25) is 10.0 Å². The summed E-state index contributed by atoms with van der Waals surface area (Å²) in [6.07, 6.45) is 3.80. The number of benzene rings is 2. The van der Waals surface area contributed by atoms with Crippen molar-refractivity contribution in [3.63, 3.8) is 0 Å². The third kappa shape index (κ3) is 4.23. The van der Waals surface area contributed by atoms with Crippen LogP contribution in [0.15, 0.2) is 53.4 Å². The Morgan fingerprint density at radius 3 is 2.50 bits per heavy atom. The van der Waals surface area contributed by atoms with Crippen LogP contribution in [-0.4, -0.2) is 50.8 Å². The first kappa shape index (κ1) is 20.9. The minimum absolute atomic E-state index is 0.0687. The lowest BCUT2D eigenvalue weighted by Crippen LogP contribution is -2.45. The van der Waals surface area contributed by atoms with Gasteiger partial charge in [-0.25, -0.2) is 17.5 Å². The first-order valence-electron chi connectivity index (χ1n) is 10.4. The minimum atomic E-state index is -3.49. The van der Waals surface area contributed by atoms with Crippen LogP contribution in [0.25, 0.3) is 0 Å². The molecule has 2 amide bonds. The molecule has 4 rings (SSSR count). The molecule has 1 heterocycles. The number of carbonyl (C=O) groups is 1. The smallest absolute Gasteiger partial charge is 0.317 e. The Hall–Kier alpha value is -2.38. The van der Waals surface area contributed by atoms with Gasteiger partial charge in [0, 0.05) is 33.7 Å². The molecule has 2 aromatic rings. The molecule has 1 aliphatic heterocycles. The maximum atomic E-state index is 12.8. The molecule has 2 aromatic carbocycles. The number of sulfonamides is 1. The SMILES string of the molecule is CN(C)S(=O)(=O)c1cccc2c1CCN(C(=O)NCC1(Cc3ccccc3)CC1)C2. The zero-order valence-electron chi connectivity index (χ0n) is 17.6. The number of nitrogens with one attached hydrogen (secondary N) is 1. The van der Waals surface area contributed by atoms with Gasteiger partial charge in [0.1, 0.15) is 0 Å². The third-order valence-electron chi connectivity index (χ3n) is 6.26. The summed E-state index contributed by atoms with van der Waals surface area (Å²) in [7, 11) is -0.409. The summed E-state index contributed by atoms with van der Waals surface area (Å²) in [5.74, 6) is 0. The van der Waals surface area contributed by atoms with Gasteiger partial charge < -0.3 is 10.2 Å². The lowest BCUT2D eigenvalue weighted by atomic mass is 9.96. The summed E-state index contributed by atoms with van der Waals surface area (Å²) >= 11 is 0. The first-order valence-corrected chi connectivity index (χ1v) is 11.8. The molecule has 1 N–H and O–H groups in total. The van der Waals surface area contributed by atoms with Crippen molar-refractivity contribution >= 4 is 16.1 Å². The van der Waals surface area contributed by atoms with E-state index in [0.29, 0.717) is 31.0 Å². The molecule has 7 heteroatoms. The van der Waals surface area contributed by atoms with E-state index >= 15 is 0 Å². The fourth-order valence-electron chi connectivity index (χ4n) is 4.18. The average molecular weight is 428 g/mol. The Bertz CT molecular complexity index is 1030. The van der Waals surface area contributed by atoms with Crippen LogP contribution in [0.1, 0.15) is 29.5 Å². The van der Waals surface area contributed by atoms with Crippen LogP contribution < -0.4 is 5.32 Å². The maximum Gasteiger partial charge on any atom is 0.317 e. The van der Waals surface area contributed by atoms with Crippen molar-refractivity contribution in [2.24, 2.45) is 5.41 Å². The van der Waals surface area contributed by atoms with E-state index in [9.17, 15) is 13.2 Å². The first-order chi connectivity index (χ1) is 14.3. The maximum absolute atomic E-state index is 12.8. The van der Waals surface area contributed by atoms with Gasteiger partial charge in [-0.1, -0.05) is 42.5 Å². The molecule has 0 spiro atoms. The van der Waals surface area contributed by atoms with Gasteiger partial charge in [0.25, 0.3) is 0 Å². The van der Waals surface area contributed by atoms with Crippen molar-refractivity contribution < 1.29 is 13.2 Å². The van der Waals surface area contributed by atoms with Crippen LogP contribution in [-0.2, 0) is 29.4 Å². The van der Waals surface area contributed by atoms with Crippen molar-refractivity contribution in [2.75, 3.05) is 27.2 Å². The van der Waals surface area contributed by atoms with E-state index in [0.717, 1.165) is 30.4 Å². The van der Waals surface area contributed by atoms with Crippen LogP contribution >= 0.6 is 0 Å². The van der Waals surface area contributed by atoms with Crippen molar-refractivity contribution in [3.8, 4) is 0 Å². The van der Waals surface area contributed by atoms with E-state index in [1.807, 2.05) is 12.1 Å². The highest BCUT2D eigenvalue weighted by Crippen LogP contribution is 2.47. The Labute approximate surface area is 178 Å². The molecule has 0 bridgehead atoms. The lowest BCUT2D eigenvalue weighted by molar-refractivity contribution is 0.189. The predicted molar refractivity (Wildman–Crippen MR) is 117 cm³/mol. The molecule has 160 valence electrons. The standard InChI is InChI=1S/C23H29N3O3S/c1-25(2)30(28,29)21-10-6-9-19-16-26(14-11-20(19)21)22(27)24-17-23(12-13-23)15-18-7-4-3-5-8-18/h3-10H,11-17H2,1-2H3,(H,24,27). The van der Waals surface area contributed by atoms with Crippen LogP contribution in [0.4, 0.5) is 4.79 Å². The van der Waals surface area contributed by atoms with E-state index < -0.39 is 10.0 Å². The zero-order chi connectivity index (χ0) is 21.4. The number of fused-ring (bicyclic) bond motifs is 1. The molecular weight excluding hydrogens is 398 g/mol. The fraction of sp³-hybridized carbons (Fsp3) is 0.435. The monoisotopic (exact) mass is 427 g/mol. The number of urea groups is 1. The van der Waals surface area contributed by atoms with Crippen LogP contribution in [0.2, 0.25) is 0 Å². The Kier molecular flexibility index (Phi) is 5.59. The summed E-state index contributed by atoms with van der Waals surface area (Å²) in [5.41, 5.74) is 3.23. The molecule has 6 nitrogen and oxygen atoms in total. The predicted octanol–water partition coefficient (Wildman–Crippen LogP) is 3.03. The minimum Gasteiger partial charge on any atom is -0.337 e. The summed E-state index contributed by atoms with van der Waals surface area (Å²) in [6.45, 7) is 1.63. The number of hydrogen-bond donors (Lipinski definition) is 1. The van der Waals surface area contributed by atoms with Gasteiger partial charge in [0.15, 0.2) is 0 Å². The zero-order valence-corrected chi connectivity index (χ0v) is 18.4. The van der Waals surface area contributed by atoms with E-state index in [1.165, 1.54) is 9.87 Å². The molecule has 30 heavy (non-hydrogen) atoms. The molecule has 1 aliphatic carbocycles. The van der Waals surface area contributed by atoms with Gasteiger partial charge in [-0.3, -0.25) is 0 Å². The number of carbonyl (C=O) groups excluding carboxylic acids is 1. The normalized spacial score (nSPS) is 17.5. The second kappa shape index (κ2) is 8.04. The second-order valence-corrected chi connectivity index (χ2v) is 10.8. The van der Waals surface area contributed by atoms with Gasteiger partial charge in [0.05, 0.1) is 4.90 Å². The molecule has 1 fully saturated rings. The Morgan fingerprint density at radius 1 is 1.10 bits per heavy atom. The highest BCUT2D eigenvalue weighted by molar-refractivity contribution is 7.89. The molecule has 0 unspecified atom stereocenters. The number of nitrogens with zero attached hydrogens (tertiary/aromatic N) is 2. The van der Waals surface area contributed by atoms with Crippen molar-refractivity contribution in [3.05, 3.63) is 65.2 Å². The van der Waals surface area contributed by atoms with E-state index in [2.05, 4.69) is 29.6 Å². The average Bonchev–Trinajstić information content (AvgIpc) is 3.51. The van der Waals surface area contributed by atoms with E-state index in [1.54, 1.807) is 31.1 Å². The van der Waals surface area contributed by atoms with Gasteiger partial charge in [-0.15, -0.1) is 0 Å². The summed E-state index contributed by atoms with van der Waals surface area (Å²) in [6, 6.07) is 15.7. The van der Waals surface area contributed by atoms with Crippen LogP contribution in [0.5, 0.6) is 0 Å². The van der Waals surface area contributed by atoms with E-state index in [-0.39, 0.29) is 11.4 Å².